The molecule has 0 amide bonds. The number of nitro groups is 1. The van der Waals surface area contributed by atoms with Gasteiger partial charge >= 0.3 is 0 Å². The SMILES string of the molecule is CC1(C)CC(=O)/C(=N/Nc2cccc([N+](=O)[O-])c2)CO1. The van der Waals surface area contributed by atoms with Crippen molar-refractivity contribution in [1.29, 1.82) is 0 Å². The van der Waals surface area contributed by atoms with Crippen molar-refractivity contribution in [2.24, 2.45) is 5.10 Å². The number of nitro benzene ring substituents is 1. The monoisotopic (exact) mass is 277 g/mol. The second kappa shape index (κ2) is 5.38. The highest BCUT2D eigenvalue weighted by atomic mass is 16.6. The van der Waals surface area contributed by atoms with Crippen LogP contribution in [0.5, 0.6) is 0 Å². The average Bonchev–Trinajstić information content (AvgIpc) is 2.37. The molecule has 1 aromatic rings. The first kappa shape index (κ1) is 14.1. The first-order chi connectivity index (χ1) is 9.37. The third kappa shape index (κ3) is 3.39. The number of ketones is 1. The molecule has 1 aliphatic heterocycles. The van der Waals surface area contributed by atoms with E-state index in [0.29, 0.717) is 5.69 Å². The van der Waals surface area contributed by atoms with Crippen LogP contribution in [0.2, 0.25) is 0 Å². The number of hydrogen-bond donors (Lipinski definition) is 1. The van der Waals surface area contributed by atoms with E-state index in [1.807, 2.05) is 13.8 Å². The molecule has 0 radical (unpaired) electrons. The van der Waals surface area contributed by atoms with Crippen LogP contribution in [-0.4, -0.2) is 28.6 Å². The summed E-state index contributed by atoms with van der Waals surface area (Å²) in [6, 6.07) is 5.91. The molecule has 0 unspecified atom stereocenters. The van der Waals surface area contributed by atoms with Gasteiger partial charge in [0.2, 0.25) is 0 Å². The molecule has 1 saturated heterocycles. The fraction of sp³-hybridized carbons (Fsp3) is 0.385. The summed E-state index contributed by atoms with van der Waals surface area (Å²) in [5.41, 5.74) is 2.88. The third-order valence-corrected chi connectivity index (χ3v) is 2.88. The lowest BCUT2D eigenvalue weighted by Crippen LogP contribution is -2.40. The normalized spacial score (nSPS) is 19.9. The maximum absolute atomic E-state index is 11.8. The zero-order chi connectivity index (χ0) is 14.8. The van der Waals surface area contributed by atoms with Crippen molar-refractivity contribution in [3.63, 3.8) is 0 Å². The second-order valence-corrected chi connectivity index (χ2v) is 5.13. The van der Waals surface area contributed by atoms with Gasteiger partial charge < -0.3 is 4.74 Å². The van der Waals surface area contributed by atoms with Crippen molar-refractivity contribution in [2.45, 2.75) is 25.9 Å². The van der Waals surface area contributed by atoms with Gasteiger partial charge in [0.25, 0.3) is 5.69 Å². The van der Waals surface area contributed by atoms with E-state index in [0.717, 1.165) is 0 Å². The van der Waals surface area contributed by atoms with E-state index in [1.54, 1.807) is 12.1 Å². The van der Waals surface area contributed by atoms with Gasteiger partial charge in [-0.1, -0.05) is 6.07 Å². The Morgan fingerprint density at radius 1 is 1.45 bits per heavy atom. The Hall–Kier alpha value is -2.28. The van der Waals surface area contributed by atoms with Crippen LogP contribution in [0, 0.1) is 10.1 Å². The summed E-state index contributed by atoms with van der Waals surface area (Å²) in [5, 5.41) is 14.6. The number of rotatable bonds is 3. The van der Waals surface area contributed by atoms with Gasteiger partial charge in [-0.05, 0) is 19.9 Å². The summed E-state index contributed by atoms with van der Waals surface area (Å²) >= 11 is 0. The quantitative estimate of drug-likeness (QED) is 0.674. The molecule has 0 saturated carbocycles. The molecular formula is C13H15N3O4. The molecule has 106 valence electrons. The van der Waals surface area contributed by atoms with E-state index < -0.39 is 10.5 Å². The molecule has 1 heterocycles. The number of carbonyl (C=O) groups is 1. The lowest BCUT2D eigenvalue weighted by molar-refractivity contribution is -0.384. The van der Waals surface area contributed by atoms with Crippen molar-refractivity contribution in [3.8, 4) is 0 Å². The van der Waals surface area contributed by atoms with Crippen LogP contribution in [0.3, 0.4) is 0 Å². The lowest BCUT2D eigenvalue weighted by Gasteiger charge is -2.29. The summed E-state index contributed by atoms with van der Waals surface area (Å²) < 4.78 is 5.50. The summed E-state index contributed by atoms with van der Waals surface area (Å²) in [5.74, 6) is -0.0841. The largest absolute Gasteiger partial charge is 0.369 e. The number of hydrogen-bond acceptors (Lipinski definition) is 6. The summed E-state index contributed by atoms with van der Waals surface area (Å²) in [6.07, 6.45) is 0.266. The minimum absolute atomic E-state index is 0.0393. The van der Waals surface area contributed by atoms with E-state index in [9.17, 15) is 14.9 Å². The molecular weight excluding hydrogens is 262 g/mol. The van der Waals surface area contributed by atoms with Crippen LogP contribution in [0.1, 0.15) is 20.3 Å². The minimum Gasteiger partial charge on any atom is -0.369 e. The standard InChI is InChI=1S/C13H15N3O4/c1-13(2)7-12(17)11(8-20-13)15-14-9-4-3-5-10(6-9)16(18)19/h3-6,14H,7-8H2,1-2H3/b15-11+. The molecule has 7 heteroatoms. The van der Waals surface area contributed by atoms with Gasteiger partial charge in [0.15, 0.2) is 5.78 Å². The number of Topliss-reactive ketones (excluding diaryl/α,β-unsaturated/α-hetero) is 1. The third-order valence-electron chi connectivity index (χ3n) is 2.88. The molecule has 0 spiro atoms. The van der Waals surface area contributed by atoms with E-state index in [1.165, 1.54) is 12.1 Å². The molecule has 1 aliphatic rings. The van der Waals surface area contributed by atoms with Gasteiger partial charge in [-0.3, -0.25) is 20.3 Å². The smallest absolute Gasteiger partial charge is 0.271 e. The number of anilines is 1. The van der Waals surface area contributed by atoms with Crippen molar-refractivity contribution < 1.29 is 14.5 Å². The van der Waals surface area contributed by atoms with E-state index in [2.05, 4.69) is 10.5 Å². The van der Waals surface area contributed by atoms with E-state index >= 15 is 0 Å². The number of nitrogens with one attached hydrogen (secondary N) is 1. The zero-order valence-corrected chi connectivity index (χ0v) is 11.3. The maximum atomic E-state index is 11.8. The highest BCUT2D eigenvalue weighted by Crippen LogP contribution is 2.21. The number of non-ortho nitro benzene ring substituents is 1. The molecule has 1 fully saturated rings. The Morgan fingerprint density at radius 2 is 2.20 bits per heavy atom. The summed E-state index contributed by atoms with van der Waals surface area (Å²) in [6.45, 7) is 3.82. The van der Waals surface area contributed by atoms with Gasteiger partial charge in [0.05, 0.1) is 22.8 Å². The molecule has 0 aromatic heterocycles. The Labute approximate surface area is 115 Å². The molecule has 1 N–H and O–H groups in total. The molecule has 0 bridgehead atoms. The van der Waals surface area contributed by atoms with Gasteiger partial charge in [-0.25, -0.2) is 0 Å². The zero-order valence-electron chi connectivity index (χ0n) is 11.3. The highest BCUT2D eigenvalue weighted by Gasteiger charge is 2.31. The van der Waals surface area contributed by atoms with Crippen LogP contribution in [0.4, 0.5) is 11.4 Å². The summed E-state index contributed by atoms with van der Waals surface area (Å²) in [4.78, 5) is 22.0. The van der Waals surface area contributed by atoms with Crippen molar-refractivity contribution in [1.82, 2.24) is 0 Å². The molecule has 7 nitrogen and oxygen atoms in total. The number of nitrogens with zero attached hydrogens (tertiary/aromatic N) is 2. The minimum atomic E-state index is -0.490. The number of benzene rings is 1. The topological polar surface area (TPSA) is 93.8 Å². The first-order valence-corrected chi connectivity index (χ1v) is 6.11. The number of ether oxygens (including phenoxy) is 1. The van der Waals surface area contributed by atoms with Gasteiger partial charge in [-0.2, -0.15) is 5.10 Å². The molecule has 2 rings (SSSR count). The number of carbonyl (C=O) groups excluding carboxylic acids is 1. The molecule has 20 heavy (non-hydrogen) atoms. The lowest BCUT2D eigenvalue weighted by atomic mass is 9.96. The fourth-order valence-corrected chi connectivity index (χ4v) is 1.80. The van der Waals surface area contributed by atoms with Crippen molar-refractivity contribution in [2.75, 3.05) is 12.0 Å². The molecule has 0 aliphatic carbocycles. The predicted molar refractivity (Wildman–Crippen MR) is 73.8 cm³/mol. The maximum Gasteiger partial charge on any atom is 0.271 e. The first-order valence-electron chi connectivity index (χ1n) is 6.11. The van der Waals surface area contributed by atoms with Crippen LogP contribution in [0.15, 0.2) is 29.4 Å². The fourth-order valence-electron chi connectivity index (χ4n) is 1.80. The molecule has 0 atom stereocenters. The van der Waals surface area contributed by atoms with E-state index in [-0.39, 0.29) is 30.2 Å². The summed E-state index contributed by atoms with van der Waals surface area (Å²) in [7, 11) is 0. The van der Waals surface area contributed by atoms with Gasteiger partial charge in [0, 0.05) is 18.6 Å². The van der Waals surface area contributed by atoms with Crippen LogP contribution >= 0.6 is 0 Å². The van der Waals surface area contributed by atoms with Gasteiger partial charge in [-0.15, -0.1) is 0 Å². The Bertz CT molecular complexity index is 581. The second-order valence-electron chi connectivity index (χ2n) is 5.13. The Balaban J connectivity index is 2.08. The molecule has 1 aromatic carbocycles. The van der Waals surface area contributed by atoms with Gasteiger partial charge in [0.1, 0.15) is 5.71 Å². The van der Waals surface area contributed by atoms with Crippen molar-refractivity contribution in [3.05, 3.63) is 34.4 Å². The Kier molecular flexibility index (Phi) is 3.80. The van der Waals surface area contributed by atoms with Crippen LogP contribution < -0.4 is 5.43 Å². The average molecular weight is 277 g/mol. The Morgan fingerprint density at radius 3 is 2.85 bits per heavy atom. The van der Waals surface area contributed by atoms with Crippen LogP contribution in [-0.2, 0) is 9.53 Å². The van der Waals surface area contributed by atoms with E-state index in [4.69, 9.17) is 4.74 Å². The van der Waals surface area contributed by atoms with Crippen molar-refractivity contribution >= 4 is 22.9 Å². The predicted octanol–water partition coefficient (Wildman–Crippen LogP) is 2.13. The number of hydrazone groups is 1. The van der Waals surface area contributed by atoms with Crippen LogP contribution in [0.25, 0.3) is 0 Å². The highest BCUT2D eigenvalue weighted by molar-refractivity contribution is 6.41.